The first kappa shape index (κ1) is 12.7. The van der Waals surface area contributed by atoms with Gasteiger partial charge in [-0.1, -0.05) is 19.8 Å². The lowest BCUT2D eigenvalue weighted by Crippen LogP contribution is -2.26. The third-order valence-electron chi connectivity index (χ3n) is 3.40. The molecule has 1 aliphatic rings. The number of rotatable bonds is 6. The monoisotopic (exact) mass is 237 g/mol. The van der Waals surface area contributed by atoms with Crippen LogP contribution in [0.2, 0.25) is 0 Å². The van der Waals surface area contributed by atoms with Gasteiger partial charge in [-0.3, -0.25) is 0 Å². The van der Waals surface area contributed by atoms with E-state index in [0.717, 1.165) is 31.4 Å². The van der Waals surface area contributed by atoms with Crippen molar-refractivity contribution in [2.45, 2.75) is 45.3 Å². The van der Waals surface area contributed by atoms with Gasteiger partial charge in [0.05, 0.1) is 25.5 Å². The number of hydrogen-bond donors (Lipinski definition) is 1. The van der Waals surface area contributed by atoms with Crippen LogP contribution in [0.15, 0.2) is 22.8 Å². The summed E-state index contributed by atoms with van der Waals surface area (Å²) >= 11 is 0. The zero-order valence-electron chi connectivity index (χ0n) is 10.7. The van der Waals surface area contributed by atoms with Crippen LogP contribution in [0.3, 0.4) is 0 Å². The summed E-state index contributed by atoms with van der Waals surface area (Å²) in [6.45, 7) is 4.81. The molecule has 1 fully saturated rings. The van der Waals surface area contributed by atoms with Gasteiger partial charge in [0, 0.05) is 6.54 Å². The van der Waals surface area contributed by atoms with Gasteiger partial charge in [0.15, 0.2) is 0 Å². The highest BCUT2D eigenvalue weighted by atomic mass is 16.5. The summed E-state index contributed by atoms with van der Waals surface area (Å²) < 4.78 is 11.1. The Bertz CT molecular complexity index is 297. The summed E-state index contributed by atoms with van der Waals surface area (Å²) in [5.74, 6) is 1.82. The van der Waals surface area contributed by atoms with Crippen molar-refractivity contribution in [2.24, 2.45) is 5.92 Å². The Hall–Kier alpha value is -0.800. The van der Waals surface area contributed by atoms with Gasteiger partial charge in [0.25, 0.3) is 0 Å². The first-order chi connectivity index (χ1) is 8.34. The minimum absolute atomic E-state index is 0.490. The quantitative estimate of drug-likeness (QED) is 0.772. The normalized spacial score (nSPS) is 25.0. The molecule has 1 aromatic rings. The number of nitrogens with one attached hydrogen (secondary N) is 1. The first-order valence-corrected chi connectivity index (χ1v) is 6.69. The Labute approximate surface area is 104 Å². The number of furan rings is 1. The van der Waals surface area contributed by atoms with Crippen LogP contribution >= 0.6 is 0 Å². The van der Waals surface area contributed by atoms with Crippen LogP contribution in [0.5, 0.6) is 0 Å². The van der Waals surface area contributed by atoms with E-state index in [1.807, 2.05) is 12.1 Å². The predicted octanol–water partition coefficient (Wildman–Crippen LogP) is 2.96. The second-order valence-corrected chi connectivity index (χ2v) is 5.02. The fourth-order valence-electron chi connectivity index (χ4n) is 2.45. The van der Waals surface area contributed by atoms with E-state index in [1.54, 1.807) is 6.26 Å². The van der Waals surface area contributed by atoms with Crippen molar-refractivity contribution >= 4 is 0 Å². The molecule has 0 amide bonds. The van der Waals surface area contributed by atoms with Gasteiger partial charge in [-0.2, -0.15) is 0 Å². The lowest BCUT2D eigenvalue weighted by molar-refractivity contribution is 0.0172. The Morgan fingerprint density at radius 3 is 3.18 bits per heavy atom. The number of ether oxygens (including phenoxy) is 1. The Morgan fingerprint density at radius 2 is 2.41 bits per heavy atom. The minimum atomic E-state index is 0.490. The lowest BCUT2D eigenvalue weighted by atomic mass is 9.89. The maximum atomic E-state index is 5.88. The van der Waals surface area contributed by atoms with Crippen LogP contribution in [0.1, 0.15) is 38.4 Å². The summed E-state index contributed by atoms with van der Waals surface area (Å²) in [5, 5.41) is 3.32. The van der Waals surface area contributed by atoms with E-state index in [0.29, 0.717) is 6.10 Å². The summed E-state index contributed by atoms with van der Waals surface area (Å²) in [6, 6.07) is 3.90. The predicted molar refractivity (Wildman–Crippen MR) is 67.8 cm³/mol. The molecule has 0 aliphatic heterocycles. The third kappa shape index (κ3) is 4.52. The highest BCUT2D eigenvalue weighted by Gasteiger charge is 2.18. The first-order valence-electron chi connectivity index (χ1n) is 6.69. The van der Waals surface area contributed by atoms with Crippen LogP contribution in [-0.2, 0) is 11.3 Å². The molecule has 0 radical (unpaired) electrons. The second kappa shape index (κ2) is 6.82. The molecule has 1 aliphatic carbocycles. The molecule has 2 unspecified atom stereocenters. The van der Waals surface area contributed by atoms with Crippen molar-refractivity contribution in [3.63, 3.8) is 0 Å². The average Bonchev–Trinajstić information content (AvgIpc) is 2.82. The lowest BCUT2D eigenvalue weighted by Gasteiger charge is -2.26. The molecule has 1 saturated carbocycles. The molecule has 3 nitrogen and oxygen atoms in total. The summed E-state index contributed by atoms with van der Waals surface area (Å²) in [5.41, 5.74) is 0. The summed E-state index contributed by atoms with van der Waals surface area (Å²) in [4.78, 5) is 0. The smallest absolute Gasteiger partial charge is 0.117 e. The molecule has 1 aromatic heterocycles. The number of hydrogen-bond acceptors (Lipinski definition) is 3. The van der Waals surface area contributed by atoms with Gasteiger partial charge in [-0.25, -0.2) is 0 Å². The van der Waals surface area contributed by atoms with Crippen LogP contribution in [0, 0.1) is 5.92 Å². The zero-order chi connectivity index (χ0) is 11.9. The van der Waals surface area contributed by atoms with Gasteiger partial charge in [0.1, 0.15) is 5.76 Å². The highest BCUT2D eigenvalue weighted by molar-refractivity contribution is 4.97. The Balaban J connectivity index is 1.51. The molecule has 0 aromatic carbocycles. The molecular formula is C14H23NO2. The van der Waals surface area contributed by atoms with Crippen LogP contribution in [0.25, 0.3) is 0 Å². The molecule has 2 rings (SSSR count). The maximum Gasteiger partial charge on any atom is 0.117 e. The molecule has 96 valence electrons. The van der Waals surface area contributed by atoms with E-state index in [2.05, 4.69) is 12.2 Å². The largest absolute Gasteiger partial charge is 0.468 e. The van der Waals surface area contributed by atoms with E-state index in [1.165, 1.54) is 25.7 Å². The molecule has 0 spiro atoms. The van der Waals surface area contributed by atoms with Gasteiger partial charge in [0.2, 0.25) is 0 Å². The van der Waals surface area contributed by atoms with Crippen LogP contribution < -0.4 is 5.32 Å². The van der Waals surface area contributed by atoms with Gasteiger partial charge < -0.3 is 14.5 Å². The van der Waals surface area contributed by atoms with E-state index in [4.69, 9.17) is 9.15 Å². The average molecular weight is 237 g/mol. The zero-order valence-corrected chi connectivity index (χ0v) is 10.7. The van der Waals surface area contributed by atoms with Gasteiger partial charge in [-0.15, -0.1) is 0 Å². The van der Waals surface area contributed by atoms with Crippen molar-refractivity contribution in [2.75, 3.05) is 13.2 Å². The van der Waals surface area contributed by atoms with Crippen molar-refractivity contribution in [1.82, 2.24) is 5.32 Å². The Morgan fingerprint density at radius 1 is 1.47 bits per heavy atom. The minimum Gasteiger partial charge on any atom is -0.468 e. The van der Waals surface area contributed by atoms with E-state index in [-0.39, 0.29) is 0 Å². The standard InChI is InChI=1S/C14H23NO2/c1-12-4-2-5-13(10-12)17-9-7-15-11-14-6-3-8-16-14/h3,6,8,12-13,15H,2,4-5,7,9-11H2,1H3. The fourth-order valence-corrected chi connectivity index (χ4v) is 2.45. The van der Waals surface area contributed by atoms with Gasteiger partial charge >= 0.3 is 0 Å². The molecule has 0 bridgehead atoms. The highest BCUT2D eigenvalue weighted by Crippen LogP contribution is 2.25. The maximum absolute atomic E-state index is 5.88. The van der Waals surface area contributed by atoms with Crippen molar-refractivity contribution < 1.29 is 9.15 Å². The van der Waals surface area contributed by atoms with E-state index < -0.39 is 0 Å². The molecule has 3 heteroatoms. The van der Waals surface area contributed by atoms with Crippen molar-refractivity contribution in [3.8, 4) is 0 Å². The molecule has 17 heavy (non-hydrogen) atoms. The molecular weight excluding hydrogens is 214 g/mol. The topological polar surface area (TPSA) is 34.4 Å². The summed E-state index contributed by atoms with van der Waals surface area (Å²) in [6.07, 6.45) is 7.36. The molecule has 1 N–H and O–H groups in total. The summed E-state index contributed by atoms with van der Waals surface area (Å²) in [7, 11) is 0. The van der Waals surface area contributed by atoms with Crippen molar-refractivity contribution in [3.05, 3.63) is 24.2 Å². The molecule has 2 atom stereocenters. The third-order valence-corrected chi connectivity index (χ3v) is 3.40. The van der Waals surface area contributed by atoms with E-state index in [9.17, 15) is 0 Å². The fraction of sp³-hybridized carbons (Fsp3) is 0.714. The van der Waals surface area contributed by atoms with Crippen LogP contribution in [-0.4, -0.2) is 19.3 Å². The molecule has 1 heterocycles. The Kier molecular flexibility index (Phi) is 5.08. The second-order valence-electron chi connectivity index (χ2n) is 5.02. The van der Waals surface area contributed by atoms with Crippen molar-refractivity contribution in [1.29, 1.82) is 0 Å². The van der Waals surface area contributed by atoms with Crippen LogP contribution in [0.4, 0.5) is 0 Å². The molecule has 0 saturated heterocycles. The van der Waals surface area contributed by atoms with Gasteiger partial charge in [-0.05, 0) is 30.9 Å². The SMILES string of the molecule is CC1CCCC(OCCNCc2ccco2)C1. The van der Waals surface area contributed by atoms with E-state index >= 15 is 0 Å².